The Morgan fingerprint density at radius 1 is 1.12 bits per heavy atom. The van der Waals surface area contributed by atoms with E-state index in [1.165, 1.54) is 17.5 Å². The molecule has 1 rings (SSSR count). The van der Waals surface area contributed by atoms with Crippen molar-refractivity contribution in [2.45, 2.75) is 34.1 Å². The molecule has 0 aliphatic heterocycles. The molecule has 0 aromatic heterocycles. The summed E-state index contributed by atoms with van der Waals surface area (Å²) < 4.78 is 0. The first-order valence-electron chi connectivity index (χ1n) is 6.39. The molecule has 1 nitrogen and oxygen atoms in total. The standard InChI is InChI=1S/C15H25N/c1-5-16-11-15(12(2)3)10-14-8-6-13(4)7-9-14/h6-9,12,15-16H,5,10-11H2,1-4H3. The van der Waals surface area contributed by atoms with Crippen LogP contribution in [0.15, 0.2) is 24.3 Å². The Labute approximate surface area is 100 Å². The van der Waals surface area contributed by atoms with Gasteiger partial charge in [-0.1, -0.05) is 50.6 Å². The van der Waals surface area contributed by atoms with Gasteiger partial charge in [0.05, 0.1) is 0 Å². The van der Waals surface area contributed by atoms with Crippen molar-refractivity contribution in [3.8, 4) is 0 Å². The van der Waals surface area contributed by atoms with Crippen LogP contribution in [-0.2, 0) is 6.42 Å². The molecule has 0 spiro atoms. The molecule has 16 heavy (non-hydrogen) atoms. The molecule has 0 fully saturated rings. The van der Waals surface area contributed by atoms with Gasteiger partial charge in [0.25, 0.3) is 0 Å². The molecule has 1 aromatic carbocycles. The number of benzene rings is 1. The summed E-state index contributed by atoms with van der Waals surface area (Å²) >= 11 is 0. The van der Waals surface area contributed by atoms with Gasteiger partial charge in [0.2, 0.25) is 0 Å². The maximum Gasteiger partial charge on any atom is -0.00150 e. The zero-order valence-corrected chi connectivity index (χ0v) is 11.1. The number of aryl methyl sites for hydroxylation is 1. The molecule has 1 aromatic rings. The molecule has 0 heterocycles. The molecule has 0 aliphatic rings. The molecule has 90 valence electrons. The highest BCUT2D eigenvalue weighted by molar-refractivity contribution is 5.21. The Morgan fingerprint density at radius 3 is 2.25 bits per heavy atom. The fourth-order valence-corrected chi connectivity index (χ4v) is 1.90. The van der Waals surface area contributed by atoms with Crippen LogP contribution in [0, 0.1) is 18.8 Å². The average molecular weight is 219 g/mol. The van der Waals surface area contributed by atoms with Crippen molar-refractivity contribution >= 4 is 0 Å². The fourth-order valence-electron chi connectivity index (χ4n) is 1.90. The first kappa shape index (κ1) is 13.2. The zero-order valence-electron chi connectivity index (χ0n) is 11.1. The van der Waals surface area contributed by atoms with Gasteiger partial charge in [0.1, 0.15) is 0 Å². The smallest absolute Gasteiger partial charge is 0.00150 e. The number of hydrogen-bond acceptors (Lipinski definition) is 1. The highest BCUT2D eigenvalue weighted by atomic mass is 14.8. The second kappa shape index (κ2) is 6.70. The van der Waals surface area contributed by atoms with Crippen LogP contribution < -0.4 is 5.32 Å². The van der Waals surface area contributed by atoms with Crippen LogP contribution in [0.5, 0.6) is 0 Å². The van der Waals surface area contributed by atoms with Crippen LogP contribution in [0.3, 0.4) is 0 Å². The lowest BCUT2D eigenvalue weighted by Crippen LogP contribution is -2.27. The molecular weight excluding hydrogens is 194 g/mol. The molecular formula is C15H25N. The van der Waals surface area contributed by atoms with Crippen LogP contribution in [0.25, 0.3) is 0 Å². The van der Waals surface area contributed by atoms with E-state index in [1.54, 1.807) is 0 Å². The largest absolute Gasteiger partial charge is 0.317 e. The van der Waals surface area contributed by atoms with Gasteiger partial charge in [-0.15, -0.1) is 0 Å². The summed E-state index contributed by atoms with van der Waals surface area (Å²) in [4.78, 5) is 0. The second-order valence-corrected chi connectivity index (χ2v) is 5.00. The molecule has 0 amide bonds. The quantitative estimate of drug-likeness (QED) is 0.773. The van der Waals surface area contributed by atoms with E-state index in [4.69, 9.17) is 0 Å². The molecule has 0 bridgehead atoms. The number of rotatable bonds is 6. The van der Waals surface area contributed by atoms with Crippen LogP contribution in [0.4, 0.5) is 0 Å². The van der Waals surface area contributed by atoms with Crippen LogP contribution in [0.1, 0.15) is 31.9 Å². The maximum absolute atomic E-state index is 3.46. The number of hydrogen-bond donors (Lipinski definition) is 1. The highest BCUT2D eigenvalue weighted by Gasteiger charge is 2.13. The third-order valence-electron chi connectivity index (χ3n) is 3.22. The Morgan fingerprint density at radius 2 is 1.75 bits per heavy atom. The number of nitrogens with one attached hydrogen (secondary N) is 1. The lowest BCUT2D eigenvalue weighted by molar-refractivity contribution is 0.364. The fraction of sp³-hybridized carbons (Fsp3) is 0.600. The summed E-state index contributed by atoms with van der Waals surface area (Å²) in [6, 6.07) is 8.94. The Hall–Kier alpha value is -0.820. The Bertz CT molecular complexity index is 287. The van der Waals surface area contributed by atoms with E-state index in [-0.39, 0.29) is 0 Å². The van der Waals surface area contributed by atoms with E-state index < -0.39 is 0 Å². The lowest BCUT2D eigenvalue weighted by Gasteiger charge is -2.21. The lowest BCUT2D eigenvalue weighted by atomic mass is 9.89. The minimum Gasteiger partial charge on any atom is -0.317 e. The van der Waals surface area contributed by atoms with Crippen LogP contribution in [0.2, 0.25) is 0 Å². The summed E-state index contributed by atoms with van der Waals surface area (Å²) in [7, 11) is 0. The van der Waals surface area contributed by atoms with E-state index in [0.29, 0.717) is 0 Å². The maximum atomic E-state index is 3.46. The average Bonchev–Trinajstić information content (AvgIpc) is 2.26. The molecule has 1 N–H and O–H groups in total. The summed E-state index contributed by atoms with van der Waals surface area (Å²) in [6.45, 7) is 11.1. The van der Waals surface area contributed by atoms with Crippen molar-refractivity contribution in [3.63, 3.8) is 0 Å². The van der Waals surface area contributed by atoms with Gasteiger partial charge in [-0.05, 0) is 43.8 Å². The minimum absolute atomic E-state index is 0.736. The topological polar surface area (TPSA) is 12.0 Å². The third kappa shape index (κ3) is 4.36. The van der Waals surface area contributed by atoms with Crippen molar-refractivity contribution in [1.29, 1.82) is 0 Å². The minimum atomic E-state index is 0.736. The molecule has 1 unspecified atom stereocenters. The van der Waals surface area contributed by atoms with Crippen molar-refractivity contribution in [3.05, 3.63) is 35.4 Å². The van der Waals surface area contributed by atoms with E-state index in [1.807, 2.05) is 0 Å². The van der Waals surface area contributed by atoms with Crippen molar-refractivity contribution in [1.82, 2.24) is 5.32 Å². The summed E-state index contributed by atoms with van der Waals surface area (Å²) in [6.07, 6.45) is 1.19. The van der Waals surface area contributed by atoms with Gasteiger partial charge < -0.3 is 5.32 Å². The normalized spacial score (nSPS) is 13.1. The molecule has 0 saturated carbocycles. The van der Waals surface area contributed by atoms with Crippen molar-refractivity contribution in [2.75, 3.05) is 13.1 Å². The second-order valence-electron chi connectivity index (χ2n) is 5.00. The molecule has 0 aliphatic carbocycles. The summed E-state index contributed by atoms with van der Waals surface area (Å²) in [5, 5.41) is 3.46. The predicted molar refractivity (Wildman–Crippen MR) is 71.8 cm³/mol. The SMILES string of the molecule is CCNCC(Cc1ccc(C)cc1)C(C)C. The molecule has 1 atom stereocenters. The zero-order chi connectivity index (χ0) is 12.0. The summed E-state index contributed by atoms with van der Waals surface area (Å²) in [5.74, 6) is 1.48. The van der Waals surface area contributed by atoms with Gasteiger partial charge in [-0.3, -0.25) is 0 Å². The first-order valence-corrected chi connectivity index (χ1v) is 6.39. The van der Waals surface area contributed by atoms with E-state index in [2.05, 4.69) is 57.3 Å². The van der Waals surface area contributed by atoms with Crippen molar-refractivity contribution < 1.29 is 0 Å². The first-order chi connectivity index (χ1) is 7.63. The van der Waals surface area contributed by atoms with Gasteiger partial charge >= 0.3 is 0 Å². The Kier molecular flexibility index (Phi) is 5.54. The summed E-state index contributed by atoms with van der Waals surface area (Å²) in [5.41, 5.74) is 2.80. The molecule has 0 radical (unpaired) electrons. The van der Waals surface area contributed by atoms with E-state index in [0.717, 1.165) is 24.9 Å². The van der Waals surface area contributed by atoms with Crippen molar-refractivity contribution in [2.24, 2.45) is 11.8 Å². The van der Waals surface area contributed by atoms with E-state index >= 15 is 0 Å². The van der Waals surface area contributed by atoms with Gasteiger partial charge in [-0.25, -0.2) is 0 Å². The van der Waals surface area contributed by atoms with Gasteiger partial charge in [0, 0.05) is 0 Å². The molecule has 1 heteroatoms. The predicted octanol–water partition coefficient (Wildman–Crippen LogP) is 3.42. The van der Waals surface area contributed by atoms with Crippen LogP contribution in [-0.4, -0.2) is 13.1 Å². The monoisotopic (exact) mass is 219 g/mol. The van der Waals surface area contributed by atoms with E-state index in [9.17, 15) is 0 Å². The third-order valence-corrected chi connectivity index (χ3v) is 3.22. The van der Waals surface area contributed by atoms with Gasteiger partial charge in [-0.2, -0.15) is 0 Å². The molecule has 0 saturated heterocycles. The Balaban J connectivity index is 2.57. The highest BCUT2D eigenvalue weighted by Crippen LogP contribution is 2.17. The van der Waals surface area contributed by atoms with Gasteiger partial charge in [0.15, 0.2) is 0 Å². The van der Waals surface area contributed by atoms with Crippen LogP contribution >= 0.6 is 0 Å².